The number of likely N-dealkylation sites (tertiary alicyclic amines) is 1. The van der Waals surface area contributed by atoms with Gasteiger partial charge >= 0.3 is 0 Å². The van der Waals surface area contributed by atoms with Crippen molar-refractivity contribution in [2.75, 3.05) is 32.0 Å². The second kappa shape index (κ2) is 8.51. The van der Waals surface area contributed by atoms with Gasteiger partial charge in [-0.2, -0.15) is 4.31 Å². The van der Waals surface area contributed by atoms with Crippen LogP contribution in [-0.2, 0) is 21.4 Å². The molecule has 0 radical (unpaired) electrons. The third-order valence-electron chi connectivity index (χ3n) is 5.29. The molecule has 2 aliphatic rings. The third kappa shape index (κ3) is 5.25. The van der Waals surface area contributed by atoms with Crippen LogP contribution in [-0.4, -0.2) is 67.6 Å². The molecule has 0 amide bonds. The van der Waals surface area contributed by atoms with Crippen LogP contribution in [0.15, 0.2) is 30.3 Å². The number of hydrogen-bond acceptors (Lipinski definition) is 4. The molecule has 27 heavy (non-hydrogen) atoms. The van der Waals surface area contributed by atoms with Crippen LogP contribution >= 0.6 is 0 Å². The molecule has 0 saturated carbocycles. The van der Waals surface area contributed by atoms with Crippen molar-refractivity contribution in [3.63, 3.8) is 0 Å². The van der Waals surface area contributed by atoms with E-state index in [1.54, 1.807) is 4.90 Å². The first-order valence-electron chi connectivity index (χ1n) is 9.54. The number of alkyl halides is 2. The first kappa shape index (κ1) is 20.6. The van der Waals surface area contributed by atoms with Gasteiger partial charge in [-0.1, -0.05) is 43.7 Å². The van der Waals surface area contributed by atoms with E-state index in [0.29, 0.717) is 26.1 Å². The van der Waals surface area contributed by atoms with E-state index in [1.807, 2.05) is 37.3 Å². The Kier molecular flexibility index (Phi) is 6.50. The Balaban J connectivity index is 1.52. The van der Waals surface area contributed by atoms with Crippen LogP contribution in [0, 0.1) is 0 Å². The first-order valence-corrected chi connectivity index (χ1v) is 11.1. The summed E-state index contributed by atoms with van der Waals surface area (Å²) in [5, 5.41) is 0. The molecular formula is C19H28F2N2O3S. The van der Waals surface area contributed by atoms with E-state index >= 15 is 0 Å². The normalized spacial score (nSPS) is 24.2. The van der Waals surface area contributed by atoms with Crippen molar-refractivity contribution in [2.45, 2.75) is 50.8 Å². The lowest BCUT2D eigenvalue weighted by Crippen LogP contribution is -2.62. The van der Waals surface area contributed by atoms with Crippen LogP contribution < -0.4 is 0 Å². The van der Waals surface area contributed by atoms with Gasteiger partial charge in [0.1, 0.15) is 0 Å². The van der Waals surface area contributed by atoms with Gasteiger partial charge in [-0.3, -0.25) is 4.90 Å². The molecule has 3 rings (SSSR count). The summed E-state index contributed by atoms with van der Waals surface area (Å²) in [7, 11) is -3.26. The highest BCUT2D eigenvalue weighted by atomic mass is 32.2. The minimum Gasteiger partial charge on any atom is -0.375 e. The number of rotatable bonds is 9. The largest absolute Gasteiger partial charge is 0.375 e. The molecule has 0 bridgehead atoms. The molecule has 0 aromatic heterocycles. The molecule has 1 aromatic rings. The van der Waals surface area contributed by atoms with Crippen molar-refractivity contribution in [1.29, 1.82) is 0 Å². The van der Waals surface area contributed by atoms with Crippen LogP contribution in [0.25, 0.3) is 0 Å². The predicted octanol–water partition coefficient (Wildman–Crippen LogP) is 2.73. The quantitative estimate of drug-likeness (QED) is 0.637. The van der Waals surface area contributed by atoms with Crippen molar-refractivity contribution in [1.82, 2.24) is 9.21 Å². The number of hydrogen-bond donors (Lipinski definition) is 0. The second-order valence-corrected chi connectivity index (χ2v) is 9.62. The Hall–Kier alpha value is -1.09. The zero-order valence-electron chi connectivity index (χ0n) is 15.7. The monoisotopic (exact) mass is 402 g/mol. The Morgan fingerprint density at radius 2 is 1.93 bits per heavy atom. The zero-order valence-corrected chi connectivity index (χ0v) is 16.5. The summed E-state index contributed by atoms with van der Waals surface area (Å²) in [5.74, 6) is -2.61. The second-order valence-electron chi connectivity index (χ2n) is 7.53. The lowest BCUT2D eigenvalue weighted by atomic mass is 10.1. The number of ether oxygens (including phenoxy) is 1. The van der Waals surface area contributed by atoms with E-state index in [-0.39, 0.29) is 37.4 Å². The maximum Gasteiger partial charge on any atom is 0.262 e. The van der Waals surface area contributed by atoms with Crippen molar-refractivity contribution >= 4 is 10.0 Å². The van der Waals surface area contributed by atoms with Crippen LogP contribution in [0.5, 0.6) is 0 Å². The molecule has 0 spiro atoms. The van der Waals surface area contributed by atoms with Gasteiger partial charge in [0.05, 0.1) is 25.5 Å². The van der Waals surface area contributed by atoms with Crippen molar-refractivity contribution in [2.24, 2.45) is 0 Å². The lowest BCUT2D eigenvalue weighted by Gasteiger charge is -2.44. The van der Waals surface area contributed by atoms with Crippen LogP contribution in [0.1, 0.15) is 31.7 Å². The summed E-state index contributed by atoms with van der Waals surface area (Å²) in [6, 6.07) is 9.08. The van der Waals surface area contributed by atoms with Crippen molar-refractivity contribution in [3.8, 4) is 0 Å². The number of halogens is 2. The van der Waals surface area contributed by atoms with E-state index in [1.165, 1.54) is 4.31 Å². The van der Waals surface area contributed by atoms with E-state index in [0.717, 1.165) is 12.0 Å². The summed E-state index contributed by atoms with van der Waals surface area (Å²) in [5.41, 5.74) is 1.01. The van der Waals surface area contributed by atoms with Gasteiger partial charge in [0.25, 0.3) is 5.92 Å². The van der Waals surface area contributed by atoms with Crippen LogP contribution in [0.2, 0.25) is 0 Å². The zero-order chi connectivity index (χ0) is 19.5. The van der Waals surface area contributed by atoms with E-state index in [4.69, 9.17) is 4.74 Å². The first-order chi connectivity index (χ1) is 12.8. The van der Waals surface area contributed by atoms with E-state index in [9.17, 15) is 17.2 Å². The van der Waals surface area contributed by atoms with Crippen molar-refractivity contribution < 1.29 is 21.9 Å². The van der Waals surface area contributed by atoms with Gasteiger partial charge < -0.3 is 4.74 Å². The molecule has 2 aliphatic heterocycles. The molecule has 2 saturated heterocycles. The van der Waals surface area contributed by atoms with Gasteiger partial charge in [-0.15, -0.1) is 0 Å². The number of unbranched alkanes of at least 4 members (excludes halogenated alkanes) is 1. The van der Waals surface area contributed by atoms with Gasteiger partial charge in [-0.25, -0.2) is 17.2 Å². The average molecular weight is 403 g/mol. The molecule has 0 aliphatic carbocycles. The Bertz CT molecular complexity index is 709. The van der Waals surface area contributed by atoms with Crippen molar-refractivity contribution in [3.05, 3.63) is 35.9 Å². The third-order valence-corrected chi connectivity index (χ3v) is 7.18. The molecule has 8 heteroatoms. The molecule has 1 atom stereocenters. The standard InChI is InChI=1S/C19H28F2N2O3S/c1-2-3-9-27(24,25)22-11-18(12-22)23-15-19(20,21)10-17(23)14-26-13-16-7-5-4-6-8-16/h4-8,17-18H,2-3,9-15H2,1H3/t17-/m0/s1. The topological polar surface area (TPSA) is 49.9 Å². The summed E-state index contributed by atoms with van der Waals surface area (Å²) in [6.07, 6.45) is 1.21. The fourth-order valence-corrected chi connectivity index (χ4v) is 5.41. The minimum absolute atomic E-state index is 0.135. The fraction of sp³-hybridized carbons (Fsp3) is 0.684. The average Bonchev–Trinajstić information content (AvgIpc) is 2.87. The lowest BCUT2D eigenvalue weighted by molar-refractivity contribution is -0.00426. The number of sulfonamides is 1. The Morgan fingerprint density at radius 3 is 2.59 bits per heavy atom. The fourth-order valence-electron chi connectivity index (χ4n) is 3.70. The smallest absolute Gasteiger partial charge is 0.262 e. The van der Waals surface area contributed by atoms with Gasteiger partial charge in [0.15, 0.2) is 0 Å². The summed E-state index contributed by atoms with van der Waals surface area (Å²) in [6.45, 7) is 2.85. The number of benzene rings is 1. The van der Waals surface area contributed by atoms with Crippen LogP contribution in [0.3, 0.4) is 0 Å². The minimum atomic E-state index is -3.26. The van der Waals surface area contributed by atoms with E-state index in [2.05, 4.69) is 0 Å². The highest BCUT2D eigenvalue weighted by Crippen LogP contribution is 2.36. The Labute approximate surface area is 160 Å². The molecule has 5 nitrogen and oxygen atoms in total. The van der Waals surface area contributed by atoms with Gasteiger partial charge in [-0.05, 0) is 12.0 Å². The highest BCUT2D eigenvalue weighted by Gasteiger charge is 2.51. The van der Waals surface area contributed by atoms with Gasteiger partial charge in [0, 0.05) is 31.6 Å². The maximum absolute atomic E-state index is 14.0. The van der Waals surface area contributed by atoms with E-state index < -0.39 is 15.9 Å². The van der Waals surface area contributed by atoms with Gasteiger partial charge in [0.2, 0.25) is 10.0 Å². The molecule has 152 valence electrons. The van der Waals surface area contributed by atoms with Crippen LogP contribution in [0.4, 0.5) is 8.78 Å². The summed E-state index contributed by atoms with van der Waals surface area (Å²) in [4.78, 5) is 1.75. The number of nitrogens with zero attached hydrogens (tertiary/aromatic N) is 2. The molecular weight excluding hydrogens is 374 g/mol. The molecule has 2 fully saturated rings. The summed E-state index contributed by atoms with van der Waals surface area (Å²) < 4.78 is 59.5. The molecule has 1 aromatic carbocycles. The SMILES string of the molecule is CCCCS(=O)(=O)N1CC(N2CC(F)(F)C[C@H]2COCc2ccccc2)C1. The molecule has 2 heterocycles. The Morgan fingerprint density at radius 1 is 1.22 bits per heavy atom. The summed E-state index contributed by atoms with van der Waals surface area (Å²) >= 11 is 0. The molecule has 0 N–H and O–H groups in total. The highest BCUT2D eigenvalue weighted by molar-refractivity contribution is 7.89. The maximum atomic E-state index is 14.0. The predicted molar refractivity (Wildman–Crippen MR) is 100 cm³/mol. The molecule has 0 unspecified atom stereocenters.